The number of fused-ring (bicyclic) bond motifs is 1. The van der Waals surface area contributed by atoms with Crippen LogP contribution in [0.4, 0.5) is 5.69 Å². The molecule has 0 saturated carbocycles. The highest BCUT2D eigenvalue weighted by Crippen LogP contribution is 2.26. The lowest BCUT2D eigenvalue weighted by atomic mass is 10.0. The first kappa shape index (κ1) is 8.61. The standard InChI is InChI=1S/C12H16N/c1-2-3-5-10-6-4-7-12-11(10)8-9-13-12/h4,6-7,13H,1-3,5,8-9H2. The number of hydrogen-bond donors (Lipinski definition) is 1. The molecule has 0 atom stereocenters. The molecule has 0 aromatic heterocycles. The third-order valence-electron chi connectivity index (χ3n) is 2.66. The number of benzene rings is 1. The van der Waals surface area contributed by atoms with Crippen LogP contribution in [0.15, 0.2) is 18.2 Å². The third-order valence-corrected chi connectivity index (χ3v) is 2.66. The van der Waals surface area contributed by atoms with Gasteiger partial charge in [0.2, 0.25) is 0 Å². The molecule has 1 heterocycles. The van der Waals surface area contributed by atoms with Crippen molar-refractivity contribution < 1.29 is 0 Å². The second kappa shape index (κ2) is 3.82. The fourth-order valence-corrected chi connectivity index (χ4v) is 1.97. The van der Waals surface area contributed by atoms with E-state index in [0.717, 1.165) is 13.0 Å². The Morgan fingerprint density at radius 2 is 2.31 bits per heavy atom. The summed E-state index contributed by atoms with van der Waals surface area (Å²) in [6.07, 6.45) is 4.63. The van der Waals surface area contributed by atoms with Crippen LogP contribution in [0.3, 0.4) is 0 Å². The molecule has 1 aliphatic heterocycles. The van der Waals surface area contributed by atoms with Crippen molar-refractivity contribution >= 4 is 5.69 Å². The lowest BCUT2D eigenvalue weighted by molar-refractivity contribution is 0.832. The molecule has 0 unspecified atom stereocenters. The van der Waals surface area contributed by atoms with Crippen LogP contribution in [-0.2, 0) is 12.8 Å². The monoisotopic (exact) mass is 174 g/mol. The fraction of sp³-hybridized carbons (Fsp3) is 0.417. The van der Waals surface area contributed by atoms with Gasteiger partial charge >= 0.3 is 0 Å². The largest absolute Gasteiger partial charge is 0.384 e. The van der Waals surface area contributed by atoms with Crippen LogP contribution in [0.25, 0.3) is 0 Å². The van der Waals surface area contributed by atoms with Crippen LogP contribution in [-0.4, -0.2) is 6.54 Å². The molecule has 1 aromatic carbocycles. The fourth-order valence-electron chi connectivity index (χ4n) is 1.97. The molecular weight excluding hydrogens is 158 g/mol. The summed E-state index contributed by atoms with van der Waals surface area (Å²) < 4.78 is 0. The van der Waals surface area contributed by atoms with Gasteiger partial charge in [0.25, 0.3) is 0 Å². The molecule has 0 saturated heterocycles. The quantitative estimate of drug-likeness (QED) is 0.743. The zero-order chi connectivity index (χ0) is 9.10. The van der Waals surface area contributed by atoms with Crippen molar-refractivity contribution in [2.45, 2.75) is 25.7 Å². The Labute approximate surface area is 80.2 Å². The van der Waals surface area contributed by atoms with Crippen LogP contribution in [0.5, 0.6) is 0 Å². The molecule has 0 aliphatic carbocycles. The minimum atomic E-state index is 1.04. The normalized spacial score (nSPS) is 13.9. The van der Waals surface area contributed by atoms with Gasteiger partial charge in [-0.2, -0.15) is 0 Å². The first-order chi connectivity index (χ1) is 6.42. The van der Waals surface area contributed by atoms with Crippen molar-refractivity contribution in [3.63, 3.8) is 0 Å². The van der Waals surface area contributed by atoms with Crippen LogP contribution in [0.2, 0.25) is 0 Å². The molecule has 1 aliphatic rings. The van der Waals surface area contributed by atoms with Crippen LogP contribution < -0.4 is 5.32 Å². The molecule has 0 spiro atoms. The minimum Gasteiger partial charge on any atom is -0.384 e. The lowest BCUT2D eigenvalue weighted by Gasteiger charge is -2.06. The predicted molar refractivity (Wildman–Crippen MR) is 56.9 cm³/mol. The molecule has 0 fully saturated rings. The number of hydrogen-bond acceptors (Lipinski definition) is 1. The Morgan fingerprint density at radius 1 is 1.38 bits per heavy atom. The van der Waals surface area contributed by atoms with E-state index in [-0.39, 0.29) is 0 Å². The Balaban J connectivity index is 2.20. The number of aryl methyl sites for hydroxylation is 1. The van der Waals surface area contributed by atoms with Gasteiger partial charge in [0.1, 0.15) is 0 Å². The van der Waals surface area contributed by atoms with Gasteiger partial charge in [0.05, 0.1) is 0 Å². The summed E-state index contributed by atoms with van der Waals surface area (Å²) in [4.78, 5) is 0. The van der Waals surface area contributed by atoms with Crippen molar-refractivity contribution in [1.82, 2.24) is 0 Å². The highest BCUT2D eigenvalue weighted by Gasteiger charge is 2.12. The Kier molecular flexibility index (Phi) is 2.53. The number of anilines is 1. The van der Waals surface area contributed by atoms with Gasteiger partial charge in [0, 0.05) is 12.2 Å². The van der Waals surface area contributed by atoms with Crippen molar-refractivity contribution in [1.29, 1.82) is 0 Å². The van der Waals surface area contributed by atoms with E-state index in [1.807, 2.05) is 0 Å². The average Bonchev–Trinajstić information content (AvgIpc) is 2.62. The summed E-state index contributed by atoms with van der Waals surface area (Å²) in [7, 11) is 0. The number of nitrogens with one attached hydrogen (secondary N) is 1. The van der Waals surface area contributed by atoms with Crippen LogP contribution >= 0.6 is 0 Å². The highest BCUT2D eigenvalue weighted by molar-refractivity contribution is 5.58. The third kappa shape index (κ3) is 1.69. The molecule has 1 nitrogen and oxygen atoms in total. The molecule has 69 valence electrons. The van der Waals surface area contributed by atoms with E-state index in [1.165, 1.54) is 36.1 Å². The molecule has 0 bridgehead atoms. The Bertz CT molecular complexity index is 291. The van der Waals surface area contributed by atoms with Gasteiger partial charge in [-0.3, -0.25) is 0 Å². The van der Waals surface area contributed by atoms with Gasteiger partial charge in [-0.25, -0.2) is 0 Å². The van der Waals surface area contributed by atoms with E-state index in [0.29, 0.717) is 0 Å². The summed E-state index contributed by atoms with van der Waals surface area (Å²) in [5.74, 6) is 0. The zero-order valence-corrected chi connectivity index (χ0v) is 7.97. The van der Waals surface area contributed by atoms with Gasteiger partial charge in [-0.15, -0.1) is 0 Å². The summed E-state index contributed by atoms with van der Waals surface area (Å²) in [5, 5.41) is 3.40. The molecule has 0 amide bonds. The summed E-state index contributed by atoms with van der Waals surface area (Å²) in [6, 6.07) is 6.58. The van der Waals surface area contributed by atoms with E-state index >= 15 is 0 Å². The Morgan fingerprint density at radius 3 is 3.15 bits per heavy atom. The number of unbranched alkanes of at least 4 members (excludes halogenated alkanes) is 1. The summed E-state index contributed by atoms with van der Waals surface area (Å²) in [6.45, 7) is 4.99. The molecule has 1 radical (unpaired) electrons. The topological polar surface area (TPSA) is 12.0 Å². The maximum Gasteiger partial charge on any atom is 0.0376 e. The molecule has 2 rings (SSSR count). The first-order valence-corrected chi connectivity index (χ1v) is 5.05. The highest BCUT2D eigenvalue weighted by atomic mass is 14.9. The summed E-state index contributed by atoms with van der Waals surface area (Å²) >= 11 is 0. The smallest absolute Gasteiger partial charge is 0.0376 e. The molecule has 1 aromatic rings. The van der Waals surface area contributed by atoms with Crippen molar-refractivity contribution in [3.8, 4) is 0 Å². The van der Waals surface area contributed by atoms with Crippen molar-refractivity contribution in [2.75, 3.05) is 11.9 Å². The average molecular weight is 174 g/mol. The van der Waals surface area contributed by atoms with Gasteiger partial charge in [0.15, 0.2) is 0 Å². The van der Waals surface area contributed by atoms with E-state index < -0.39 is 0 Å². The van der Waals surface area contributed by atoms with Crippen molar-refractivity contribution in [2.24, 2.45) is 0 Å². The van der Waals surface area contributed by atoms with Gasteiger partial charge in [-0.1, -0.05) is 25.5 Å². The SMILES string of the molecule is [CH2]CCCc1cccc2c1CCN2. The van der Waals surface area contributed by atoms with Gasteiger partial charge < -0.3 is 5.32 Å². The minimum absolute atomic E-state index is 1.04. The van der Waals surface area contributed by atoms with Crippen LogP contribution in [0, 0.1) is 6.92 Å². The van der Waals surface area contributed by atoms with E-state index in [2.05, 4.69) is 30.4 Å². The Hall–Kier alpha value is -0.980. The molecule has 13 heavy (non-hydrogen) atoms. The van der Waals surface area contributed by atoms with E-state index in [1.54, 1.807) is 0 Å². The summed E-state index contributed by atoms with van der Waals surface area (Å²) in [5.41, 5.74) is 4.41. The number of rotatable bonds is 3. The lowest BCUT2D eigenvalue weighted by Crippen LogP contribution is -1.91. The maximum atomic E-state index is 3.88. The first-order valence-electron chi connectivity index (χ1n) is 5.05. The second-order valence-corrected chi connectivity index (χ2v) is 3.58. The van der Waals surface area contributed by atoms with Crippen molar-refractivity contribution in [3.05, 3.63) is 36.2 Å². The second-order valence-electron chi connectivity index (χ2n) is 3.58. The molecule has 1 heteroatoms. The van der Waals surface area contributed by atoms with E-state index in [9.17, 15) is 0 Å². The molecular formula is C12H16N. The van der Waals surface area contributed by atoms with Crippen LogP contribution in [0.1, 0.15) is 24.0 Å². The predicted octanol–water partition coefficient (Wildman–Crippen LogP) is 2.81. The van der Waals surface area contributed by atoms with E-state index in [4.69, 9.17) is 0 Å². The molecule has 1 N–H and O–H groups in total. The van der Waals surface area contributed by atoms with Gasteiger partial charge in [-0.05, 0) is 36.5 Å². The zero-order valence-electron chi connectivity index (χ0n) is 7.97. The maximum absolute atomic E-state index is 3.88.